The van der Waals surface area contributed by atoms with Crippen LogP contribution in [-0.4, -0.2) is 59.7 Å². The summed E-state index contributed by atoms with van der Waals surface area (Å²) in [6.45, 7) is 8.98. The number of sulfonamides is 1. The molecule has 2 rings (SSSR count). The first-order valence-corrected chi connectivity index (χ1v) is 12.8. The van der Waals surface area contributed by atoms with Crippen molar-refractivity contribution >= 4 is 44.8 Å². The molecule has 0 radical (unpaired) electrons. The number of alkyl carbamates (subject to hydrolysis) is 1. The summed E-state index contributed by atoms with van der Waals surface area (Å²) in [5, 5.41) is 2.76. The molecule has 1 aromatic heterocycles. The third-order valence-electron chi connectivity index (χ3n) is 4.61. The van der Waals surface area contributed by atoms with E-state index >= 15 is 0 Å². The summed E-state index contributed by atoms with van der Waals surface area (Å²) in [4.78, 5) is 28.2. The van der Waals surface area contributed by atoms with Crippen molar-refractivity contribution < 1.29 is 22.7 Å². The lowest BCUT2D eigenvalue weighted by atomic mass is 10.3. The van der Waals surface area contributed by atoms with Crippen LogP contribution in [0.2, 0.25) is 0 Å². The van der Waals surface area contributed by atoms with Gasteiger partial charge in [0.15, 0.2) is 5.16 Å². The van der Waals surface area contributed by atoms with Crippen molar-refractivity contribution in [1.82, 2.24) is 19.2 Å². The summed E-state index contributed by atoms with van der Waals surface area (Å²) in [5.41, 5.74) is 1.36. The van der Waals surface area contributed by atoms with Crippen molar-refractivity contribution in [3.63, 3.8) is 0 Å². The molecular formula is C20H30N4O5S2. The van der Waals surface area contributed by atoms with E-state index in [0.717, 1.165) is 18.4 Å². The van der Waals surface area contributed by atoms with Crippen molar-refractivity contribution in [1.29, 1.82) is 0 Å². The number of nitrogens with one attached hydrogen (secondary N) is 1. The first-order chi connectivity index (χ1) is 14.8. The third-order valence-corrected chi connectivity index (χ3v) is 7.63. The molecule has 1 N–H and O–H groups in total. The van der Waals surface area contributed by atoms with Gasteiger partial charge in [-0.15, -0.1) is 0 Å². The minimum Gasteiger partial charge on any atom is -0.450 e. The molecule has 1 aromatic carbocycles. The normalized spacial score (nSPS) is 11.8. The highest BCUT2D eigenvalue weighted by atomic mass is 32.2. The second-order valence-electron chi connectivity index (χ2n) is 6.70. The maximum Gasteiger partial charge on any atom is 0.413 e. The molecule has 0 saturated heterocycles. The van der Waals surface area contributed by atoms with E-state index in [4.69, 9.17) is 4.74 Å². The van der Waals surface area contributed by atoms with Crippen LogP contribution in [0.4, 0.5) is 4.79 Å². The van der Waals surface area contributed by atoms with Crippen LogP contribution in [0.1, 0.15) is 40.5 Å². The van der Waals surface area contributed by atoms with Gasteiger partial charge in [-0.1, -0.05) is 39.0 Å². The van der Waals surface area contributed by atoms with Gasteiger partial charge in [-0.25, -0.2) is 18.2 Å². The number of thioether (sulfide) groups is 1. The molecule has 2 aromatic rings. The number of unbranched alkanes of at least 4 members (excludes halogenated alkanes) is 1. The van der Waals surface area contributed by atoms with Crippen LogP contribution in [0.3, 0.4) is 0 Å². The zero-order valence-electron chi connectivity index (χ0n) is 18.4. The van der Waals surface area contributed by atoms with Gasteiger partial charge in [-0.3, -0.25) is 10.1 Å². The summed E-state index contributed by atoms with van der Waals surface area (Å²) >= 11 is 1.19. The van der Waals surface area contributed by atoms with Crippen molar-refractivity contribution in [3.05, 3.63) is 18.2 Å². The average molecular weight is 471 g/mol. The highest BCUT2D eigenvalue weighted by molar-refractivity contribution is 7.99. The highest BCUT2D eigenvalue weighted by Gasteiger charge is 2.23. The Labute approximate surface area is 187 Å². The summed E-state index contributed by atoms with van der Waals surface area (Å²) in [5.74, 6) is -0.499. The number of fused-ring (bicyclic) bond motifs is 1. The second-order valence-corrected chi connectivity index (χ2v) is 9.58. The van der Waals surface area contributed by atoms with Gasteiger partial charge in [0.2, 0.25) is 15.9 Å². The van der Waals surface area contributed by atoms with E-state index in [1.54, 1.807) is 39.0 Å². The number of nitrogens with zero attached hydrogens (tertiary/aromatic N) is 3. The van der Waals surface area contributed by atoms with Crippen molar-refractivity contribution in [2.75, 3.05) is 25.4 Å². The Bertz CT molecular complexity index is 1020. The number of imide groups is 1. The second kappa shape index (κ2) is 11.5. The molecule has 0 fully saturated rings. The van der Waals surface area contributed by atoms with Gasteiger partial charge in [-0.2, -0.15) is 4.31 Å². The molecule has 2 amide bonds. The number of hydrogen-bond donors (Lipinski definition) is 1. The predicted octanol–water partition coefficient (Wildman–Crippen LogP) is 3.23. The van der Waals surface area contributed by atoms with E-state index in [1.165, 1.54) is 16.1 Å². The molecule has 0 unspecified atom stereocenters. The first-order valence-electron chi connectivity index (χ1n) is 10.4. The fourth-order valence-electron chi connectivity index (χ4n) is 3.05. The van der Waals surface area contributed by atoms with E-state index < -0.39 is 22.0 Å². The fourth-order valence-corrected chi connectivity index (χ4v) is 5.37. The largest absolute Gasteiger partial charge is 0.450 e. The van der Waals surface area contributed by atoms with Gasteiger partial charge in [-0.05, 0) is 31.5 Å². The number of aryl methyl sites for hydroxylation is 1. The van der Waals surface area contributed by atoms with Crippen LogP contribution in [0.5, 0.6) is 0 Å². The Morgan fingerprint density at radius 2 is 1.90 bits per heavy atom. The molecule has 31 heavy (non-hydrogen) atoms. The SMILES string of the molecule is CCCCn1c(SCC(=O)NC(=O)OCC)nc2cc(S(=O)(=O)N(CC)CC)ccc21. The van der Waals surface area contributed by atoms with Crippen molar-refractivity contribution in [2.45, 2.75) is 57.1 Å². The quantitative estimate of drug-likeness (QED) is 0.502. The Morgan fingerprint density at radius 3 is 2.52 bits per heavy atom. The molecular weight excluding hydrogens is 440 g/mol. The van der Waals surface area contributed by atoms with Crippen molar-refractivity contribution in [2.24, 2.45) is 0 Å². The standard InChI is InChI=1S/C20H30N4O5S2/c1-5-9-12-24-17-11-10-15(31(27,28)23(6-2)7-3)13-16(17)21-19(24)30-14-18(25)22-20(26)29-8-4/h10-11,13H,5-9,12,14H2,1-4H3,(H,22,25,26). The minimum absolute atomic E-state index is 0.0150. The summed E-state index contributed by atoms with van der Waals surface area (Å²) < 4.78 is 33.8. The van der Waals surface area contributed by atoms with Gasteiger partial charge in [0, 0.05) is 19.6 Å². The highest BCUT2D eigenvalue weighted by Crippen LogP contribution is 2.27. The number of imidazole rings is 1. The molecule has 0 spiro atoms. The average Bonchev–Trinajstić information content (AvgIpc) is 3.08. The Kier molecular flexibility index (Phi) is 9.32. The number of ether oxygens (including phenoxy) is 1. The molecule has 0 aliphatic heterocycles. The van der Waals surface area contributed by atoms with Gasteiger partial charge in [0.25, 0.3) is 0 Å². The number of amides is 2. The molecule has 0 saturated carbocycles. The summed E-state index contributed by atoms with van der Waals surface area (Å²) in [7, 11) is -3.60. The maximum absolute atomic E-state index is 12.9. The molecule has 0 atom stereocenters. The molecule has 9 nitrogen and oxygen atoms in total. The minimum atomic E-state index is -3.60. The lowest BCUT2D eigenvalue weighted by molar-refractivity contribution is -0.117. The topological polar surface area (TPSA) is 111 Å². The summed E-state index contributed by atoms with van der Waals surface area (Å²) in [6, 6.07) is 4.94. The van der Waals surface area contributed by atoms with E-state index in [-0.39, 0.29) is 17.3 Å². The van der Waals surface area contributed by atoms with Crippen molar-refractivity contribution in [3.8, 4) is 0 Å². The van der Waals surface area contributed by atoms with E-state index in [9.17, 15) is 18.0 Å². The molecule has 172 valence electrons. The van der Waals surface area contributed by atoms with Gasteiger partial charge >= 0.3 is 6.09 Å². The number of carbonyl (C=O) groups excluding carboxylic acids is 2. The molecule has 11 heteroatoms. The van der Waals surface area contributed by atoms with Gasteiger partial charge in [0.05, 0.1) is 28.3 Å². The monoisotopic (exact) mass is 470 g/mol. The molecule has 0 aliphatic rings. The third kappa shape index (κ3) is 6.20. The summed E-state index contributed by atoms with van der Waals surface area (Å²) in [6.07, 6.45) is 1.11. The number of hydrogen-bond acceptors (Lipinski definition) is 7. The van der Waals surface area contributed by atoms with Crippen LogP contribution in [0.25, 0.3) is 11.0 Å². The van der Waals surface area contributed by atoms with Crippen LogP contribution in [0.15, 0.2) is 28.3 Å². The maximum atomic E-state index is 12.9. The Morgan fingerprint density at radius 1 is 1.19 bits per heavy atom. The van der Waals surface area contributed by atoms with Crippen LogP contribution in [-0.2, 0) is 26.1 Å². The van der Waals surface area contributed by atoms with Gasteiger partial charge in [0.1, 0.15) is 0 Å². The van der Waals surface area contributed by atoms with Crippen LogP contribution in [0, 0.1) is 0 Å². The van der Waals surface area contributed by atoms with Gasteiger partial charge < -0.3 is 9.30 Å². The Hall–Kier alpha value is -2.11. The molecule has 0 bridgehead atoms. The number of rotatable bonds is 11. The number of carbonyl (C=O) groups is 2. The zero-order chi connectivity index (χ0) is 23.0. The molecule has 1 heterocycles. The molecule has 0 aliphatic carbocycles. The van der Waals surface area contributed by atoms with Crippen LogP contribution < -0.4 is 5.32 Å². The van der Waals surface area contributed by atoms with E-state index in [1.807, 2.05) is 4.57 Å². The number of aromatic nitrogens is 2. The lowest BCUT2D eigenvalue weighted by Gasteiger charge is -2.18. The number of benzene rings is 1. The smallest absolute Gasteiger partial charge is 0.413 e. The fraction of sp³-hybridized carbons (Fsp3) is 0.550. The lowest BCUT2D eigenvalue weighted by Crippen LogP contribution is -2.32. The van der Waals surface area contributed by atoms with E-state index in [2.05, 4.69) is 17.2 Å². The zero-order valence-corrected chi connectivity index (χ0v) is 20.0. The van der Waals surface area contributed by atoms with Crippen LogP contribution >= 0.6 is 11.8 Å². The van der Waals surface area contributed by atoms with E-state index in [0.29, 0.717) is 30.3 Å². The predicted molar refractivity (Wildman–Crippen MR) is 121 cm³/mol. The Balaban J connectivity index is 2.33. The first kappa shape index (κ1) is 25.2.